The number of anilines is 2. The Hall–Kier alpha value is -2.01. The Morgan fingerprint density at radius 1 is 0.789 bits per heavy atom. The second kappa shape index (κ2) is 5.32. The smallest absolute Gasteiger partial charge is 0.249 e. The Morgan fingerprint density at radius 2 is 1.21 bits per heavy atom. The molecule has 0 radical (unpaired) electrons. The molecule has 0 aromatic heterocycles. The second-order valence-electron chi connectivity index (χ2n) is 4.20. The van der Waals surface area contributed by atoms with Gasteiger partial charge in [0.15, 0.2) is 0 Å². The van der Waals surface area contributed by atoms with E-state index < -0.39 is 10.0 Å². The third-order valence-corrected chi connectivity index (χ3v) is 3.78. The molecule has 0 aliphatic carbocycles. The highest BCUT2D eigenvalue weighted by Crippen LogP contribution is 2.23. The maximum absolute atomic E-state index is 12.0. The molecule has 0 amide bonds. The Morgan fingerprint density at radius 3 is 1.63 bits per heavy atom. The van der Waals surface area contributed by atoms with Gasteiger partial charge in [-0.1, -0.05) is 36.4 Å². The number of para-hydroxylation sites is 2. The van der Waals surface area contributed by atoms with Crippen molar-refractivity contribution < 1.29 is 8.42 Å². The normalized spacial score (nSPS) is 11.1. The van der Waals surface area contributed by atoms with Crippen LogP contribution in [0.2, 0.25) is 0 Å². The summed E-state index contributed by atoms with van der Waals surface area (Å²) in [6, 6.07) is 18.4. The molecule has 0 aliphatic heterocycles. The summed E-state index contributed by atoms with van der Waals surface area (Å²) in [5.74, 6) is 0. The van der Waals surface area contributed by atoms with Gasteiger partial charge in [-0.25, -0.2) is 8.42 Å². The molecule has 2 aromatic rings. The SMILES string of the molecule is CN(c1ccccc1)N(c1ccccc1)S(C)(=O)=O. The lowest BCUT2D eigenvalue weighted by Gasteiger charge is -2.33. The summed E-state index contributed by atoms with van der Waals surface area (Å²) in [6.07, 6.45) is 1.19. The van der Waals surface area contributed by atoms with Crippen LogP contribution in [-0.4, -0.2) is 21.7 Å². The van der Waals surface area contributed by atoms with Crippen LogP contribution in [0, 0.1) is 0 Å². The molecule has 0 bridgehead atoms. The van der Waals surface area contributed by atoms with Crippen molar-refractivity contribution in [3.05, 3.63) is 60.7 Å². The van der Waals surface area contributed by atoms with Crippen molar-refractivity contribution in [1.82, 2.24) is 0 Å². The average molecular weight is 276 g/mol. The van der Waals surface area contributed by atoms with E-state index in [1.165, 1.54) is 10.7 Å². The monoisotopic (exact) mass is 276 g/mol. The molecule has 0 atom stereocenters. The van der Waals surface area contributed by atoms with E-state index in [1.54, 1.807) is 24.2 Å². The number of rotatable bonds is 4. The predicted octanol–water partition coefficient (Wildman–Crippen LogP) is 2.50. The van der Waals surface area contributed by atoms with Gasteiger partial charge in [-0.15, -0.1) is 0 Å². The maximum Gasteiger partial charge on any atom is 0.249 e. The Bertz CT molecular complexity index is 627. The first-order valence-corrected chi connectivity index (χ1v) is 7.69. The van der Waals surface area contributed by atoms with E-state index in [2.05, 4.69) is 0 Å². The first kappa shape index (κ1) is 13.4. The zero-order valence-electron chi connectivity index (χ0n) is 10.9. The molecule has 100 valence electrons. The van der Waals surface area contributed by atoms with Crippen molar-refractivity contribution in [1.29, 1.82) is 0 Å². The van der Waals surface area contributed by atoms with E-state index in [-0.39, 0.29) is 0 Å². The van der Waals surface area contributed by atoms with Crippen LogP contribution in [0.5, 0.6) is 0 Å². The number of sulfonamides is 1. The molecule has 0 spiro atoms. The molecule has 19 heavy (non-hydrogen) atoms. The zero-order chi connectivity index (χ0) is 13.9. The molecule has 0 unspecified atom stereocenters. The minimum absolute atomic E-state index is 0.608. The van der Waals surface area contributed by atoms with E-state index in [4.69, 9.17) is 0 Å². The van der Waals surface area contributed by atoms with Crippen LogP contribution in [-0.2, 0) is 10.0 Å². The highest BCUT2D eigenvalue weighted by molar-refractivity contribution is 7.92. The van der Waals surface area contributed by atoms with Gasteiger partial charge < -0.3 is 0 Å². The summed E-state index contributed by atoms with van der Waals surface area (Å²) in [5.41, 5.74) is 1.41. The average Bonchev–Trinajstić information content (AvgIpc) is 2.39. The van der Waals surface area contributed by atoms with Crippen molar-refractivity contribution in [3.8, 4) is 0 Å². The standard InChI is InChI=1S/C14H16N2O2S/c1-15(13-9-5-3-6-10-13)16(19(2,17)18)14-11-7-4-8-12-14/h3-12H,1-2H3. The lowest BCUT2D eigenvalue weighted by molar-refractivity contribution is 0.596. The van der Waals surface area contributed by atoms with Gasteiger partial charge >= 0.3 is 0 Å². The van der Waals surface area contributed by atoms with E-state index in [0.29, 0.717) is 5.69 Å². The molecule has 4 nitrogen and oxygen atoms in total. The number of hydrogen-bond donors (Lipinski definition) is 0. The third-order valence-electron chi connectivity index (χ3n) is 2.69. The van der Waals surface area contributed by atoms with E-state index >= 15 is 0 Å². The fraction of sp³-hybridized carbons (Fsp3) is 0.143. The van der Waals surface area contributed by atoms with Crippen LogP contribution in [0.25, 0.3) is 0 Å². The number of hydrogen-bond acceptors (Lipinski definition) is 3. The molecule has 0 aliphatic rings. The lowest BCUT2D eigenvalue weighted by Crippen LogP contribution is -2.44. The molecule has 0 fully saturated rings. The summed E-state index contributed by atoms with van der Waals surface area (Å²) in [4.78, 5) is 0. The van der Waals surface area contributed by atoms with Crippen LogP contribution < -0.4 is 9.42 Å². The second-order valence-corrected chi connectivity index (χ2v) is 6.01. The molecule has 0 heterocycles. The van der Waals surface area contributed by atoms with E-state index in [0.717, 1.165) is 5.69 Å². The fourth-order valence-corrected chi connectivity index (χ4v) is 2.94. The summed E-state index contributed by atoms with van der Waals surface area (Å²) < 4.78 is 25.3. The van der Waals surface area contributed by atoms with Crippen molar-refractivity contribution in [2.45, 2.75) is 0 Å². The lowest BCUT2D eigenvalue weighted by atomic mass is 10.3. The quantitative estimate of drug-likeness (QED) is 0.806. The van der Waals surface area contributed by atoms with Gasteiger partial charge in [0.2, 0.25) is 10.0 Å². The Kier molecular flexibility index (Phi) is 3.76. The molecule has 0 saturated carbocycles. The summed E-state index contributed by atoms with van der Waals surface area (Å²) >= 11 is 0. The number of hydrazine groups is 1. The molecule has 0 saturated heterocycles. The third kappa shape index (κ3) is 3.06. The summed E-state index contributed by atoms with van der Waals surface area (Å²) in [5, 5.41) is 1.62. The molecular formula is C14H16N2O2S. The van der Waals surface area contributed by atoms with Gasteiger partial charge in [0.25, 0.3) is 0 Å². The topological polar surface area (TPSA) is 40.6 Å². The minimum Gasteiger partial charge on any atom is -0.275 e. The number of nitrogens with zero attached hydrogens (tertiary/aromatic N) is 2. The Labute approximate surface area is 113 Å². The van der Waals surface area contributed by atoms with Crippen molar-refractivity contribution >= 4 is 21.4 Å². The summed E-state index contributed by atoms with van der Waals surface area (Å²) in [7, 11) is -1.68. The van der Waals surface area contributed by atoms with Crippen molar-refractivity contribution in [2.75, 3.05) is 22.7 Å². The minimum atomic E-state index is -3.41. The van der Waals surface area contributed by atoms with Crippen LogP contribution in [0.3, 0.4) is 0 Å². The first-order chi connectivity index (χ1) is 9.00. The first-order valence-electron chi connectivity index (χ1n) is 5.84. The predicted molar refractivity (Wildman–Crippen MR) is 78.6 cm³/mol. The number of benzene rings is 2. The van der Waals surface area contributed by atoms with Crippen LogP contribution >= 0.6 is 0 Å². The van der Waals surface area contributed by atoms with Gasteiger partial charge in [-0.05, 0) is 24.3 Å². The van der Waals surface area contributed by atoms with E-state index in [1.807, 2.05) is 48.5 Å². The van der Waals surface area contributed by atoms with E-state index in [9.17, 15) is 8.42 Å². The van der Waals surface area contributed by atoms with Crippen LogP contribution in [0.15, 0.2) is 60.7 Å². The highest BCUT2D eigenvalue weighted by atomic mass is 32.2. The largest absolute Gasteiger partial charge is 0.275 e. The molecule has 2 rings (SSSR count). The molecular weight excluding hydrogens is 260 g/mol. The van der Waals surface area contributed by atoms with Gasteiger partial charge in [0.1, 0.15) is 0 Å². The molecule has 0 N–H and O–H groups in total. The molecule has 2 aromatic carbocycles. The van der Waals surface area contributed by atoms with Gasteiger partial charge in [0.05, 0.1) is 17.6 Å². The zero-order valence-corrected chi connectivity index (χ0v) is 11.7. The van der Waals surface area contributed by atoms with Crippen molar-refractivity contribution in [3.63, 3.8) is 0 Å². The Balaban J connectivity index is 2.46. The maximum atomic E-state index is 12.0. The fourth-order valence-electron chi connectivity index (χ4n) is 1.89. The van der Waals surface area contributed by atoms with Crippen LogP contribution in [0.1, 0.15) is 0 Å². The van der Waals surface area contributed by atoms with Gasteiger partial charge in [-0.2, -0.15) is 4.41 Å². The molecule has 5 heteroatoms. The van der Waals surface area contributed by atoms with Gasteiger partial charge in [-0.3, -0.25) is 5.01 Å². The van der Waals surface area contributed by atoms with Crippen molar-refractivity contribution in [2.24, 2.45) is 0 Å². The van der Waals surface area contributed by atoms with Crippen LogP contribution in [0.4, 0.5) is 11.4 Å². The van der Waals surface area contributed by atoms with Gasteiger partial charge in [0, 0.05) is 7.05 Å². The highest BCUT2D eigenvalue weighted by Gasteiger charge is 2.22. The summed E-state index contributed by atoms with van der Waals surface area (Å²) in [6.45, 7) is 0.